The van der Waals surface area contributed by atoms with Gasteiger partial charge in [0.25, 0.3) is 10.0 Å². The van der Waals surface area contributed by atoms with Crippen molar-refractivity contribution < 1.29 is 13.2 Å². The summed E-state index contributed by atoms with van der Waals surface area (Å²) < 4.78 is 28.7. The maximum Gasteiger partial charge on any atom is 0.264 e. The number of sulfonamides is 1. The van der Waals surface area contributed by atoms with Gasteiger partial charge in [-0.3, -0.25) is 9.10 Å². The molecule has 5 nitrogen and oxygen atoms in total. The van der Waals surface area contributed by atoms with Crippen molar-refractivity contribution in [2.75, 3.05) is 15.7 Å². The van der Waals surface area contributed by atoms with E-state index in [0.29, 0.717) is 13.0 Å². The van der Waals surface area contributed by atoms with Gasteiger partial charge in [0.1, 0.15) is 0 Å². The standard InChI is InChI=1S/C23H28N2O3S/c1-15(2)22(26)24-14-23(4,5)19-13-18(10-11-21(19)24)29(27,28)25-16(3)12-17-8-6-7-9-20(17)25/h6-11,13,15-16H,12,14H2,1-5H3/t16-/m1/s1. The molecular weight excluding hydrogens is 384 g/mol. The summed E-state index contributed by atoms with van der Waals surface area (Å²) in [5, 5.41) is 0. The van der Waals surface area contributed by atoms with Gasteiger partial charge >= 0.3 is 0 Å². The third kappa shape index (κ3) is 3.05. The van der Waals surface area contributed by atoms with Gasteiger partial charge in [-0.15, -0.1) is 0 Å². The fraction of sp³-hybridized carbons (Fsp3) is 0.435. The molecule has 0 N–H and O–H groups in total. The summed E-state index contributed by atoms with van der Waals surface area (Å²) in [4.78, 5) is 14.7. The van der Waals surface area contributed by atoms with E-state index in [0.717, 1.165) is 22.5 Å². The maximum atomic E-state index is 13.6. The molecule has 154 valence electrons. The molecule has 0 bridgehead atoms. The third-order valence-electron chi connectivity index (χ3n) is 6.00. The smallest absolute Gasteiger partial charge is 0.264 e. The zero-order chi connectivity index (χ0) is 21.1. The number of hydrogen-bond donors (Lipinski definition) is 0. The first-order valence-electron chi connectivity index (χ1n) is 10.1. The lowest BCUT2D eigenvalue weighted by atomic mass is 9.87. The number of carbonyl (C=O) groups is 1. The molecule has 2 aliphatic heterocycles. The molecule has 0 saturated heterocycles. The van der Waals surface area contributed by atoms with Crippen LogP contribution in [-0.4, -0.2) is 26.9 Å². The normalized spacial score (nSPS) is 20.1. The average molecular weight is 413 g/mol. The zero-order valence-electron chi connectivity index (χ0n) is 17.6. The molecule has 0 unspecified atom stereocenters. The molecule has 2 aromatic rings. The number of nitrogens with zero attached hydrogens (tertiary/aromatic N) is 2. The van der Waals surface area contributed by atoms with E-state index in [1.165, 1.54) is 0 Å². The zero-order valence-corrected chi connectivity index (χ0v) is 18.5. The lowest BCUT2D eigenvalue weighted by Crippen LogP contribution is -2.36. The Labute approximate surface area is 173 Å². The number of anilines is 2. The van der Waals surface area contributed by atoms with Gasteiger partial charge in [-0.25, -0.2) is 8.42 Å². The molecule has 0 radical (unpaired) electrons. The highest BCUT2D eigenvalue weighted by Crippen LogP contribution is 2.43. The van der Waals surface area contributed by atoms with Crippen LogP contribution in [0.3, 0.4) is 0 Å². The van der Waals surface area contributed by atoms with Crippen LogP contribution >= 0.6 is 0 Å². The number of hydrogen-bond acceptors (Lipinski definition) is 3. The minimum atomic E-state index is -3.70. The minimum Gasteiger partial charge on any atom is -0.311 e. The molecule has 29 heavy (non-hydrogen) atoms. The first kappa shape index (κ1) is 20.0. The van der Waals surface area contributed by atoms with Gasteiger partial charge < -0.3 is 4.90 Å². The minimum absolute atomic E-state index is 0.0644. The lowest BCUT2D eigenvalue weighted by Gasteiger charge is -2.25. The number of rotatable bonds is 3. The van der Waals surface area contributed by atoms with Crippen molar-refractivity contribution in [2.24, 2.45) is 5.92 Å². The molecule has 0 saturated carbocycles. The predicted octanol–water partition coefficient (Wildman–Crippen LogP) is 4.11. The van der Waals surface area contributed by atoms with Crippen LogP contribution in [0.1, 0.15) is 45.7 Å². The van der Waals surface area contributed by atoms with Crippen molar-refractivity contribution in [1.82, 2.24) is 0 Å². The summed E-state index contributed by atoms with van der Waals surface area (Å²) in [6, 6.07) is 12.8. The van der Waals surface area contributed by atoms with E-state index in [1.54, 1.807) is 27.4 Å². The highest BCUT2D eigenvalue weighted by atomic mass is 32.2. The first-order chi connectivity index (χ1) is 13.5. The molecule has 0 fully saturated rings. The first-order valence-corrected chi connectivity index (χ1v) is 11.6. The molecule has 2 aliphatic rings. The Morgan fingerprint density at radius 1 is 1.10 bits per heavy atom. The molecule has 0 aliphatic carbocycles. The predicted molar refractivity (Wildman–Crippen MR) is 116 cm³/mol. The largest absolute Gasteiger partial charge is 0.311 e. The summed E-state index contributed by atoms with van der Waals surface area (Å²) in [5.74, 6) is -0.0448. The van der Waals surface area contributed by atoms with E-state index in [-0.39, 0.29) is 28.2 Å². The average Bonchev–Trinajstić information content (AvgIpc) is 3.14. The Balaban J connectivity index is 1.79. The summed E-state index contributed by atoms with van der Waals surface area (Å²) in [6.45, 7) is 10.4. The molecule has 0 aromatic heterocycles. The van der Waals surface area contributed by atoms with E-state index in [1.807, 2.05) is 45.0 Å². The maximum absolute atomic E-state index is 13.6. The highest BCUT2D eigenvalue weighted by Gasteiger charge is 2.41. The topological polar surface area (TPSA) is 57.7 Å². The van der Waals surface area contributed by atoms with E-state index < -0.39 is 10.0 Å². The molecule has 0 spiro atoms. The van der Waals surface area contributed by atoms with Crippen molar-refractivity contribution in [2.45, 2.75) is 57.4 Å². The number of benzene rings is 2. The molecule has 2 heterocycles. The SMILES string of the molecule is CC(C)C(=O)N1CC(C)(C)c2cc(S(=O)(=O)N3c4ccccc4C[C@H]3C)ccc21. The van der Waals surface area contributed by atoms with Gasteiger partial charge in [0, 0.05) is 29.6 Å². The van der Waals surface area contributed by atoms with Gasteiger partial charge in [-0.2, -0.15) is 0 Å². The third-order valence-corrected chi connectivity index (χ3v) is 7.93. The van der Waals surface area contributed by atoms with E-state index in [4.69, 9.17) is 0 Å². The Morgan fingerprint density at radius 3 is 2.48 bits per heavy atom. The number of amides is 1. The van der Waals surface area contributed by atoms with Gasteiger partial charge in [-0.1, -0.05) is 45.9 Å². The number of fused-ring (bicyclic) bond motifs is 2. The van der Waals surface area contributed by atoms with Crippen LogP contribution < -0.4 is 9.21 Å². The van der Waals surface area contributed by atoms with Gasteiger partial charge in [-0.05, 0) is 48.7 Å². The van der Waals surface area contributed by atoms with Crippen LogP contribution in [0.5, 0.6) is 0 Å². The lowest BCUT2D eigenvalue weighted by molar-refractivity contribution is -0.121. The number of carbonyl (C=O) groups excluding carboxylic acids is 1. The summed E-state index contributed by atoms with van der Waals surface area (Å²) in [5.41, 5.74) is 3.24. The fourth-order valence-electron chi connectivity index (χ4n) is 4.54. The van der Waals surface area contributed by atoms with Crippen molar-refractivity contribution >= 4 is 27.3 Å². The monoisotopic (exact) mass is 412 g/mol. The van der Waals surface area contributed by atoms with Crippen LogP contribution in [-0.2, 0) is 26.7 Å². The van der Waals surface area contributed by atoms with Crippen LogP contribution in [0.15, 0.2) is 47.4 Å². The van der Waals surface area contributed by atoms with Crippen molar-refractivity contribution in [3.8, 4) is 0 Å². The second-order valence-corrected chi connectivity index (χ2v) is 10.9. The fourth-order valence-corrected chi connectivity index (χ4v) is 6.26. The van der Waals surface area contributed by atoms with E-state index >= 15 is 0 Å². The van der Waals surface area contributed by atoms with Gasteiger partial charge in [0.05, 0.1) is 10.6 Å². The Bertz CT molecular complexity index is 1090. The van der Waals surface area contributed by atoms with Crippen LogP contribution in [0.4, 0.5) is 11.4 Å². The number of para-hydroxylation sites is 1. The summed E-state index contributed by atoms with van der Waals surface area (Å²) in [6.07, 6.45) is 0.711. The Morgan fingerprint density at radius 2 is 1.79 bits per heavy atom. The van der Waals surface area contributed by atoms with Gasteiger partial charge in [0.2, 0.25) is 5.91 Å². The molecule has 1 amide bonds. The quantitative estimate of drug-likeness (QED) is 0.762. The van der Waals surface area contributed by atoms with Gasteiger partial charge in [0.15, 0.2) is 0 Å². The Hall–Kier alpha value is -2.34. The molecular formula is C23H28N2O3S. The van der Waals surface area contributed by atoms with Crippen molar-refractivity contribution in [1.29, 1.82) is 0 Å². The molecule has 6 heteroatoms. The molecule has 2 aromatic carbocycles. The summed E-state index contributed by atoms with van der Waals surface area (Å²) >= 11 is 0. The molecule has 4 rings (SSSR count). The summed E-state index contributed by atoms with van der Waals surface area (Å²) in [7, 11) is -3.70. The van der Waals surface area contributed by atoms with Crippen LogP contribution in [0, 0.1) is 5.92 Å². The second kappa shape index (κ2) is 6.59. The van der Waals surface area contributed by atoms with E-state index in [2.05, 4.69) is 13.8 Å². The highest BCUT2D eigenvalue weighted by molar-refractivity contribution is 7.92. The van der Waals surface area contributed by atoms with Crippen molar-refractivity contribution in [3.05, 3.63) is 53.6 Å². The second-order valence-electron chi connectivity index (χ2n) is 9.12. The van der Waals surface area contributed by atoms with Crippen molar-refractivity contribution in [3.63, 3.8) is 0 Å². The molecule has 1 atom stereocenters. The Kier molecular flexibility index (Phi) is 4.53. The van der Waals surface area contributed by atoms with E-state index in [9.17, 15) is 13.2 Å². The van der Waals surface area contributed by atoms with Crippen LogP contribution in [0.2, 0.25) is 0 Å². The van der Waals surface area contributed by atoms with Crippen LogP contribution in [0.25, 0.3) is 0 Å².